The Morgan fingerprint density at radius 1 is 1.47 bits per heavy atom. The van der Waals surface area contributed by atoms with E-state index in [4.69, 9.17) is 16.5 Å². The Balaban J connectivity index is 2.07. The van der Waals surface area contributed by atoms with Crippen molar-refractivity contribution in [2.45, 2.75) is 18.9 Å². The predicted octanol–water partition coefficient (Wildman–Crippen LogP) is 3.24. The van der Waals surface area contributed by atoms with Crippen molar-refractivity contribution in [2.24, 2.45) is 5.92 Å². The van der Waals surface area contributed by atoms with Crippen LogP contribution in [0.2, 0.25) is 0 Å². The van der Waals surface area contributed by atoms with Crippen molar-refractivity contribution in [2.75, 3.05) is 13.7 Å². The molecule has 0 unspecified atom stereocenters. The molecule has 0 amide bonds. The minimum Gasteiger partial charge on any atom is -0.384 e. The predicted molar refractivity (Wildman–Crippen MR) is 71.8 cm³/mol. The molecule has 1 fully saturated rings. The van der Waals surface area contributed by atoms with Crippen LogP contribution in [0.5, 0.6) is 0 Å². The van der Waals surface area contributed by atoms with Crippen LogP contribution in [0.25, 0.3) is 6.08 Å². The smallest absolute Gasteiger partial charge is 0.0499 e. The fraction of sp³-hybridized carbons (Fsp3) is 0.429. The number of nitrogens with one attached hydrogen (secondary N) is 1. The first-order valence-corrected chi connectivity index (χ1v) is 6.33. The fourth-order valence-electron chi connectivity index (χ4n) is 2.07. The first-order valence-electron chi connectivity index (χ1n) is 5.95. The van der Waals surface area contributed by atoms with Gasteiger partial charge in [0.25, 0.3) is 0 Å². The van der Waals surface area contributed by atoms with Gasteiger partial charge < -0.3 is 4.74 Å². The van der Waals surface area contributed by atoms with E-state index in [9.17, 15) is 0 Å². The fourth-order valence-corrected chi connectivity index (χ4v) is 2.31. The van der Waals surface area contributed by atoms with Crippen LogP contribution in [-0.4, -0.2) is 19.8 Å². The monoisotopic (exact) mass is 251 g/mol. The van der Waals surface area contributed by atoms with Gasteiger partial charge in [0.2, 0.25) is 0 Å². The van der Waals surface area contributed by atoms with E-state index in [1.54, 1.807) is 7.11 Å². The van der Waals surface area contributed by atoms with Crippen LogP contribution in [-0.2, 0) is 4.74 Å². The number of benzene rings is 1. The molecule has 1 aromatic rings. The second-order valence-electron chi connectivity index (χ2n) is 4.43. The Bertz CT molecular complexity index is 377. The average Bonchev–Trinajstić information content (AvgIpc) is 3.15. The maximum Gasteiger partial charge on any atom is 0.0499 e. The maximum atomic E-state index is 5.67. The van der Waals surface area contributed by atoms with Gasteiger partial charge in [-0.2, -0.15) is 0 Å². The molecule has 0 heterocycles. The SMILES string of the molecule is COCC/C(=C\c1ccccc1)[C@@H]1C[C@H]1NCl. The first kappa shape index (κ1) is 12.6. The summed E-state index contributed by atoms with van der Waals surface area (Å²) in [6.45, 7) is 0.768. The van der Waals surface area contributed by atoms with Gasteiger partial charge in [-0.1, -0.05) is 42.0 Å². The van der Waals surface area contributed by atoms with Crippen molar-refractivity contribution in [1.29, 1.82) is 0 Å². The maximum absolute atomic E-state index is 5.67. The quantitative estimate of drug-likeness (QED) is 0.784. The van der Waals surface area contributed by atoms with Gasteiger partial charge in [0.1, 0.15) is 0 Å². The van der Waals surface area contributed by atoms with Crippen LogP contribution in [0.4, 0.5) is 0 Å². The summed E-state index contributed by atoms with van der Waals surface area (Å²) >= 11 is 5.67. The summed E-state index contributed by atoms with van der Waals surface area (Å²) in [4.78, 5) is 2.82. The van der Waals surface area contributed by atoms with Crippen LogP contribution in [0.1, 0.15) is 18.4 Å². The third-order valence-electron chi connectivity index (χ3n) is 3.15. The van der Waals surface area contributed by atoms with Crippen LogP contribution < -0.4 is 4.84 Å². The number of halogens is 1. The molecule has 1 N–H and O–H groups in total. The van der Waals surface area contributed by atoms with E-state index in [0.29, 0.717) is 12.0 Å². The molecular weight excluding hydrogens is 234 g/mol. The Hall–Kier alpha value is -0.830. The summed E-state index contributed by atoms with van der Waals surface area (Å²) in [5.41, 5.74) is 2.68. The second-order valence-corrected chi connectivity index (χ2v) is 4.65. The summed E-state index contributed by atoms with van der Waals surface area (Å²) in [7, 11) is 1.74. The molecule has 2 atom stereocenters. The Morgan fingerprint density at radius 2 is 2.24 bits per heavy atom. The number of hydrogen-bond acceptors (Lipinski definition) is 2. The molecule has 92 valence electrons. The standard InChI is InChI=1S/C14H18ClNO/c1-17-8-7-12(13-10-14(13)16-15)9-11-5-3-2-4-6-11/h2-6,9,13-14,16H,7-8,10H2,1H3/b12-9+/t13-,14+/m0/s1. The highest BCUT2D eigenvalue weighted by atomic mass is 35.5. The average molecular weight is 252 g/mol. The molecule has 3 heteroatoms. The molecule has 0 aromatic heterocycles. The third kappa shape index (κ3) is 3.56. The molecule has 0 aliphatic heterocycles. The first-order chi connectivity index (χ1) is 8.35. The van der Waals surface area contributed by atoms with Gasteiger partial charge in [-0.25, -0.2) is 4.84 Å². The Morgan fingerprint density at radius 3 is 2.82 bits per heavy atom. The number of rotatable bonds is 6. The molecule has 0 radical (unpaired) electrons. The third-order valence-corrected chi connectivity index (χ3v) is 3.43. The molecular formula is C14H18ClNO. The lowest BCUT2D eigenvalue weighted by Crippen LogP contribution is -2.06. The van der Waals surface area contributed by atoms with E-state index >= 15 is 0 Å². The van der Waals surface area contributed by atoms with Crippen LogP contribution in [0, 0.1) is 5.92 Å². The van der Waals surface area contributed by atoms with Crippen LogP contribution in [0.15, 0.2) is 35.9 Å². The van der Waals surface area contributed by atoms with Crippen molar-refractivity contribution in [3.05, 3.63) is 41.5 Å². The highest BCUT2D eigenvalue weighted by molar-refractivity contribution is 6.13. The van der Waals surface area contributed by atoms with E-state index in [-0.39, 0.29) is 0 Å². The zero-order valence-corrected chi connectivity index (χ0v) is 10.8. The number of methoxy groups -OCH3 is 1. The van der Waals surface area contributed by atoms with Crippen molar-refractivity contribution < 1.29 is 4.74 Å². The van der Waals surface area contributed by atoms with Crippen molar-refractivity contribution in [3.8, 4) is 0 Å². The highest BCUT2D eigenvalue weighted by Crippen LogP contribution is 2.40. The van der Waals surface area contributed by atoms with Gasteiger partial charge in [-0.3, -0.25) is 0 Å². The molecule has 0 saturated heterocycles. The molecule has 1 saturated carbocycles. The zero-order valence-electron chi connectivity index (χ0n) is 10.0. The van der Waals surface area contributed by atoms with Gasteiger partial charge >= 0.3 is 0 Å². The highest BCUT2D eigenvalue weighted by Gasteiger charge is 2.38. The summed E-state index contributed by atoms with van der Waals surface area (Å²) < 4.78 is 5.16. The van der Waals surface area contributed by atoms with Crippen LogP contribution >= 0.6 is 11.8 Å². The minimum atomic E-state index is 0.434. The van der Waals surface area contributed by atoms with E-state index in [2.05, 4.69) is 35.2 Å². The topological polar surface area (TPSA) is 21.3 Å². The molecule has 2 nitrogen and oxygen atoms in total. The van der Waals surface area contributed by atoms with Gasteiger partial charge in [0.05, 0.1) is 0 Å². The Labute approximate surface area is 108 Å². The summed E-state index contributed by atoms with van der Waals surface area (Å²) in [5.74, 6) is 0.572. The minimum absolute atomic E-state index is 0.434. The van der Waals surface area contributed by atoms with Crippen molar-refractivity contribution in [3.63, 3.8) is 0 Å². The van der Waals surface area contributed by atoms with E-state index in [1.807, 2.05) is 6.07 Å². The largest absolute Gasteiger partial charge is 0.384 e. The number of ether oxygens (including phenoxy) is 1. The second kappa shape index (κ2) is 6.20. The van der Waals surface area contributed by atoms with Gasteiger partial charge in [0, 0.05) is 19.8 Å². The lowest BCUT2D eigenvalue weighted by molar-refractivity contribution is 0.201. The molecule has 17 heavy (non-hydrogen) atoms. The van der Waals surface area contributed by atoms with E-state index in [1.165, 1.54) is 11.1 Å². The summed E-state index contributed by atoms with van der Waals surface area (Å²) in [5, 5.41) is 0. The lowest BCUT2D eigenvalue weighted by Gasteiger charge is -2.06. The lowest BCUT2D eigenvalue weighted by atomic mass is 10.0. The zero-order chi connectivity index (χ0) is 12.1. The van der Waals surface area contributed by atoms with Crippen LogP contribution in [0.3, 0.4) is 0 Å². The molecule has 2 rings (SSSR count). The van der Waals surface area contributed by atoms with Gasteiger partial charge in [0.15, 0.2) is 0 Å². The Kier molecular flexibility index (Phi) is 4.60. The van der Waals surface area contributed by atoms with E-state index < -0.39 is 0 Å². The van der Waals surface area contributed by atoms with Crippen molar-refractivity contribution in [1.82, 2.24) is 4.84 Å². The molecule has 1 aromatic carbocycles. The van der Waals surface area contributed by atoms with Gasteiger partial charge in [-0.15, -0.1) is 0 Å². The number of hydrogen-bond donors (Lipinski definition) is 1. The van der Waals surface area contributed by atoms with E-state index in [0.717, 1.165) is 19.4 Å². The molecule has 0 spiro atoms. The normalized spacial score (nSPS) is 23.8. The molecule has 1 aliphatic carbocycles. The van der Waals surface area contributed by atoms with Gasteiger partial charge in [-0.05, 0) is 36.1 Å². The molecule has 1 aliphatic rings. The summed E-state index contributed by atoms with van der Waals surface area (Å²) in [6.07, 6.45) is 4.37. The molecule has 0 bridgehead atoms. The summed E-state index contributed by atoms with van der Waals surface area (Å²) in [6, 6.07) is 10.8. The van der Waals surface area contributed by atoms with Crippen molar-refractivity contribution >= 4 is 17.9 Å².